The van der Waals surface area contributed by atoms with Gasteiger partial charge >= 0.3 is 6.18 Å². The summed E-state index contributed by atoms with van der Waals surface area (Å²) in [6.07, 6.45) is -9.21. The summed E-state index contributed by atoms with van der Waals surface area (Å²) in [6, 6.07) is 33.7. The smallest absolute Gasteiger partial charge is 0.382 e. The van der Waals surface area contributed by atoms with Crippen molar-refractivity contribution in [3.63, 3.8) is 0 Å². The van der Waals surface area contributed by atoms with E-state index in [4.69, 9.17) is 5.73 Å². The molecule has 0 aliphatic heterocycles. The maximum absolute atomic E-state index is 13.1. The summed E-state index contributed by atoms with van der Waals surface area (Å²) in [5.74, 6) is -4.09. The number of halogens is 3. The average molecular weight is 720 g/mol. The molecule has 3 atom stereocenters. The van der Waals surface area contributed by atoms with Crippen molar-refractivity contribution in [1.29, 1.82) is 0 Å². The zero-order valence-electron chi connectivity index (χ0n) is 28.0. The van der Waals surface area contributed by atoms with E-state index in [-0.39, 0.29) is 6.42 Å². The van der Waals surface area contributed by atoms with Gasteiger partial charge in [-0.2, -0.15) is 13.2 Å². The summed E-state index contributed by atoms with van der Waals surface area (Å²) in [4.78, 5) is 61.8. The zero-order chi connectivity index (χ0) is 37.9. The Bertz CT molecular complexity index is 1700. The van der Waals surface area contributed by atoms with Gasteiger partial charge in [-0.1, -0.05) is 109 Å². The average Bonchev–Trinajstić information content (AvgIpc) is 3.15. The second-order valence-corrected chi connectivity index (χ2v) is 11.5. The van der Waals surface area contributed by atoms with Gasteiger partial charge in [0.1, 0.15) is 6.04 Å². The molecule has 0 aliphatic carbocycles. The minimum absolute atomic E-state index is 0.0110. The van der Waals surface area contributed by atoms with Gasteiger partial charge in [0, 0.05) is 18.4 Å². The summed E-state index contributed by atoms with van der Waals surface area (Å²) >= 11 is 0. The molecule has 0 saturated heterocycles. The molecule has 0 saturated carbocycles. The lowest BCUT2D eigenvalue weighted by Crippen LogP contribution is -2.54. The SMILES string of the molecule is NC(=O)CCC(NC(=O)CNC(=O)[C@H](Cc1ccccc1)NC(=O)CNC(=O)c1ccc(-c2ccccc2)cc1)C(O)C(F)(F)F.c1ccccc1. The number of aliphatic hydroxyl groups is 1. The Hall–Kier alpha value is -6.02. The van der Waals surface area contributed by atoms with Crippen molar-refractivity contribution in [1.82, 2.24) is 21.3 Å². The van der Waals surface area contributed by atoms with Crippen molar-refractivity contribution in [3.05, 3.63) is 132 Å². The zero-order valence-corrected chi connectivity index (χ0v) is 28.0. The molecular weight excluding hydrogens is 679 g/mol. The van der Waals surface area contributed by atoms with Gasteiger partial charge in [0.2, 0.25) is 23.6 Å². The summed E-state index contributed by atoms with van der Waals surface area (Å²) in [5, 5.41) is 18.8. The number of alkyl halides is 3. The number of rotatable bonds is 15. The number of aliphatic hydroxyl groups excluding tert-OH is 1. The van der Waals surface area contributed by atoms with Crippen LogP contribution in [0.5, 0.6) is 0 Å². The fraction of sp³-hybridized carbons (Fsp3) is 0.237. The fourth-order valence-corrected chi connectivity index (χ4v) is 4.78. The van der Waals surface area contributed by atoms with E-state index in [1.807, 2.05) is 72.0 Å². The maximum Gasteiger partial charge on any atom is 0.416 e. The summed E-state index contributed by atoms with van der Waals surface area (Å²) in [5.41, 5.74) is 7.80. The summed E-state index contributed by atoms with van der Waals surface area (Å²) in [7, 11) is 0. The lowest BCUT2D eigenvalue weighted by Gasteiger charge is -2.26. The van der Waals surface area contributed by atoms with Crippen LogP contribution >= 0.6 is 0 Å². The second-order valence-electron chi connectivity index (χ2n) is 11.5. The van der Waals surface area contributed by atoms with Crippen LogP contribution in [0.15, 0.2) is 121 Å². The number of primary amides is 1. The van der Waals surface area contributed by atoms with Crippen LogP contribution in [0.4, 0.5) is 13.2 Å². The molecular formula is C38H40F3N5O6. The largest absolute Gasteiger partial charge is 0.416 e. The van der Waals surface area contributed by atoms with Crippen molar-refractivity contribution < 1.29 is 42.3 Å². The van der Waals surface area contributed by atoms with Crippen molar-refractivity contribution in [2.24, 2.45) is 5.73 Å². The fourth-order valence-electron chi connectivity index (χ4n) is 4.78. The molecule has 0 aromatic heterocycles. The normalized spacial score (nSPS) is 12.5. The molecule has 0 bridgehead atoms. The van der Waals surface area contributed by atoms with Gasteiger partial charge < -0.3 is 32.1 Å². The molecule has 52 heavy (non-hydrogen) atoms. The summed E-state index contributed by atoms with van der Waals surface area (Å²) in [6.45, 7) is -1.28. The molecule has 0 spiro atoms. The predicted molar refractivity (Wildman–Crippen MR) is 188 cm³/mol. The minimum atomic E-state index is -5.09. The number of nitrogens with one attached hydrogen (secondary N) is 4. The monoisotopic (exact) mass is 719 g/mol. The Morgan fingerprint density at radius 2 is 1.13 bits per heavy atom. The molecule has 4 aromatic carbocycles. The Morgan fingerprint density at radius 3 is 1.67 bits per heavy atom. The quantitative estimate of drug-likeness (QED) is 0.110. The van der Waals surface area contributed by atoms with E-state index in [2.05, 4.69) is 16.0 Å². The van der Waals surface area contributed by atoms with E-state index in [1.165, 1.54) is 0 Å². The maximum atomic E-state index is 13.1. The van der Waals surface area contributed by atoms with E-state index in [0.717, 1.165) is 11.1 Å². The molecule has 14 heteroatoms. The highest BCUT2D eigenvalue weighted by Gasteiger charge is 2.44. The third-order valence-corrected chi connectivity index (χ3v) is 7.45. The van der Waals surface area contributed by atoms with Crippen LogP contribution in [-0.2, 0) is 25.6 Å². The summed E-state index contributed by atoms with van der Waals surface area (Å²) < 4.78 is 39.2. The molecule has 0 radical (unpaired) electrons. The molecule has 0 heterocycles. The van der Waals surface area contributed by atoms with Crippen molar-refractivity contribution in [2.45, 2.75) is 43.6 Å². The highest BCUT2D eigenvalue weighted by atomic mass is 19.4. The van der Waals surface area contributed by atoms with Crippen LogP contribution in [0.3, 0.4) is 0 Å². The lowest BCUT2D eigenvalue weighted by molar-refractivity contribution is -0.212. The Labute approximate surface area is 298 Å². The van der Waals surface area contributed by atoms with Crippen LogP contribution in [-0.4, -0.2) is 72.1 Å². The van der Waals surface area contributed by atoms with Gasteiger partial charge in [-0.25, -0.2) is 0 Å². The van der Waals surface area contributed by atoms with Crippen LogP contribution in [0.25, 0.3) is 11.1 Å². The first-order valence-corrected chi connectivity index (χ1v) is 16.2. The van der Waals surface area contributed by atoms with Crippen LogP contribution in [0.2, 0.25) is 0 Å². The van der Waals surface area contributed by atoms with Crippen molar-refractivity contribution >= 4 is 29.5 Å². The molecule has 11 nitrogen and oxygen atoms in total. The van der Waals surface area contributed by atoms with Crippen molar-refractivity contribution in [2.75, 3.05) is 13.1 Å². The Morgan fingerprint density at radius 1 is 0.654 bits per heavy atom. The number of amides is 5. The molecule has 4 aromatic rings. The highest BCUT2D eigenvalue weighted by molar-refractivity contribution is 5.97. The van der Waals surface area contributed by atoms with Crippen LogP contribution < -0.4 is 27.0 Å². The van der Waals surface area contributed by atoms with Gasteiger partial charge in [-0.3, -0.25) is 24.0 Å². The van der Waals surface area contributed by atoms with E-state index in [1.54, 1.807) is 54.6 Å². The number of carbonyl (C=O) groups excluding carboxylic acids is 5. The van der Waals surface area contributed by atoms with E-state index >= 15 is 0 Å². The first-order valence-electron chi connectivity index (χ1n) is 16.2. The van der Waals surface area contributed by atoms with Gasteiger partial charge in [-0.15, -0.1) is 0 Å². The molecule has 2 unspecified atom stereocenters. The number of benzene rings is 4. The molecule has 4 rings (SSSR count). The van der Waals surface area contributed by atoms with Crippen molar-refractivity contribution in [3.8, 4) is 11.1 Å². The Balaban J connectivity index is 0.00000110. The topological polar surface area (TPSA) is 180 Å². The van der Waals surface area contributed by atoms with Crippen LogP contribution in [0.1, 0.15) is 28.8 Å². The standard InChI is InChI=1S/C32H34F3N5O6.C6H6/c33-32(34,35)29(44)24(15-16-26(36)41)39-27(42)19-38-31(46)25(17-20-7-3-1-4-8-20)40-28(43)18-37-30(45)23-13-11-22(12-14-23)21-9-5-2-6-10-21;1-2-4-6-5-3-1/h1-14,24-25,29,44H,15-19H2,(H2,36,41)(H,37,45)(H,38,46)(H,39,42)(H,40,43);1-6H/t24?,25-,29?;/m0./s1. The molecule has 0 aliphatic rings. The predicted octanol–water partition coefficient (Wildman–Crippen LogP) is 3.29. The van der Waals surface area contributed by atoms with Gasteiger partial charge in [-0.05, 0) is 35.2 Å². The third-order valence-electron chi connectivity index (χ3n) is 7.45. The number of hydrogen-bond acceptors (Lipinski definition) is 6. The lowest BCUT2D eigenvalue weighted by atomic mass is 10.0. The minimum Gasteiger partial charge on any atom is -0.382 e. The second kappa shape index (κ2) is 20.6. The van der Waals surface area contributed by atoms with E-state index in [0.29, 0.717) is 11.1 Å². The van der Waals surface area contributed by atoms with Gasteiger partial charge in [0.15, 0.2) is 6.10 Å². The van der Waals surface area contributed by atoms with E-state index in [9.17, 15) is 42.3 Å². The molecule has 7 N–H and O–H groups in total. The highest BCUT2D eigenvalue weighted by Crippen LogP contribution is 2.24. The number of carbonyl (C=O) groups is 5. The Kier molecular flexibility index (Phi) is 16.0. The first-order chi connectivity index (χ1) is 24.8. The van der Waals surface area contributed by atoms with Gasteiger partial charge in [0.05, 0.1) is 19.1 Å². The number of nitrogens with two attached hydrogens (primary N) is 1. The molecule has 0 fully saturated rings. The van der Waals surface area contributed by atoms with Gasteiger partial charge in [0.25, 0.3) is 5.91 Å². The van der Waals surface area contributed by atoms with Crippen LogP contribution in [0, 0.1) is 0 Å². The third kappa shape index (κ3) is 14.5. The number of hydrogen-bond donors (Lipinski definition) is 6. The molecule has 5 amide bonds. The molecule has 274 valence electrons. The first kappa shape index (κ1) is 40.4. The van der Waals surface area contributed by atoms with E-state index < -0.39 is 79.8 Å².